The number of benzene rings is 2. The molecule has 0 aliphatic carbocycles. The van der Waals surface area contributed by atoms with Crippen molar-refractivity contribution in [3.63, 3.8) is 0 Å². The number of hydrogen-bond donors (Lipinski definition) is 1. The number of nitrogens with one attached hydrogen (secondary N) is 1. The Kier molecular flexibility index (Phi) is 6.11. The van der Waals surface area contributed by atoms with Crippen LogP contribution in [0.2, 0.25) is 0 Å². The van der Waals surface area contributed by atoms with Gasteiger partial charge in [-0.05, 0) is 67.5 Å². The van der Waals surface area contributed by atoms with E-state index >= 15 is 0 Å². The van der Waals surface area contributed by atoms with Crippen molar-refractivity contribution in [1.29, 1.82) is 0 Å². The van der Waals surface area contributed by atoms with Gasteiger partial charge >= 0.3 is 0 Å². The van der Waals surface area contributed by atoms with Crippen LogP contribution in [0.15, 0.2) is 72.0 Å². The smallest absolute Gasteiger partial charge is 0.260 e. The Labute approximate surface area is 210 Å². The van der Waals surface area contributed by atoms with Crippen molar-refractivity contribution in [2.45, 2.75) is 36.8 Å². The van der Waals surface area contributed by atoms with Crippen LogP contribution >= 0.6 is 0 Å². The van der Waals surface area contributed by atoms with Gasteiger partial charge in [-0.3, -0.25) is 4.90 Å². The molecule has 8 heteroatoms. The summed E-state index contributed by atoms with van der Waals surface area (Å²) in [6.45, 7) is 3.15. The maximum atomic E-state index is 13.5. The standard InChI is InChI=1S/C28H29FN4O2S/c29-23-7-8-25-26(19-30-27(25)17-23)20-9-13-32(14-10-20)15-11-24-6-3-12-33(24)36(34,35)28-16-21-4-1-2-5-22(21)18-31-28/h1-2,4-5,7-9,16-19,24,30H,3,6,10-15H2/t24-/m0/s1. The van der Waals surface area contributed by atoms with Crippen molar-refractivity contribution in [2.75, 3.05) is 26.2 Å². The second kappa shape index (κ2) is 9.42. The zero-order chi connectivity index (χ0) is 24.7. The molecule has 186 valence electrons. The molecule has 1 saturated heterocycles. The minimum atomic E-state index is -3.63. The van der Waals surface area contributed by atoms with Crippen molar-refractivity contribution < 1.29 is 12.8 Å². The number of hydrogen-bond acceptors (Lipinski definition) is 4. The summed E-state index contributed by atoms with van der Waals surface area (Å²) >= 11 is 0. The molecule has 1 atom stereocenters. The second-order valence-corrected chi connectivity index (χ2v) is 11.6. The zero-order valence-electron chi connectivity index (χ0n) is 20.0. The lowest BCUT2D eigenvalue weighted by molar-refractivity contribution is 0.262. The Bertz CT molecular complexity index is 1560. The molecular weight excluding hydrogens is 475 g/mol. The highest BCUT2D eigenvalue weighted by Crippen LogP contribution is 2.31. The summed E-state index contributed by atoms with van der Waals surface area (Å²) in [5.74, 6) is -0.237. The molecule has 2 aliphatic heterocycles. The number of aromatic nitrogens is 2. The van der Waals surface area contributed by atoms with Gasteiger partial charge < -0.3 is 4.98 Å². The quantitative estimate of drug-likeness (QED) is 0.393. The second-order valence-electron chi connectivity index (χ2n) is 9.74. The molecule has 4 aromatic rings. The number of H-pyrrole nitrogens is 1. The number of pyridine rings is 1. The van der Waals surface area contributed by atoms with Crippen LogP contribution < -0.4 is 0 Å². The van der Waals surface area contributed by atoms with Crippen LogP contribution in [0.1, 0.15) is 31.2 Å². The largest absolute Gasteiger partial charge is 0.360 e. The molecule has 0 saturated carbocycles. The van der Waals surface area contributed by atoms with Gasteiger partial charge in [0.15, 0.2) is 5.03 Å². The number of halogens is 1. The number of rotatable bonds is 6. The van der Waals surface area contributed by atoms with Crippen LogP contribution in [0.3, 0.4) is 0 Å². The fourth-order valence-electron chi connectivity index (χ4n) is 5.59. The highest BCUT2D eigenvalue weighted by atomic mass is 32.2. The molecule has 0 bridgehead atoms. The number of nitrogens with zero attached hydrogens (tertiary/aromatic N) is 3. The maximum Gasteiger partial charge on any atom is 0.260 e. The fraction of sp³-hybridized carbons (Fsp3) is 0.321. The average Bonchev–Trinajstić information content (AvgIpc) is 3.55. The number of aromatic amines is 1. The van der Waals surface area contributed by atoms with E-state index in [1.807, 2.05) is 36.5 Å². The van der Waals surface area contributed by atoms with Crippen molar-refractivity contribution in [1.82, 2.24) is 19.2 Å². The number of sulfonamides is 1. The Morgan fingerprint density at radius 2 is 1.94 bits per heavy atom. The van der Waals surface area contributed by atoms with E-state index in [-0.39, 0.29) is 16.9 Å². The molecule has 36 heavy (non-hydrogen) atoms. The van der Waals surface area contributed by atoms with E-state index in [1.165, 1.54) is 17.7 Å². The molecule has 4 heterocycles. The van der Waals surface area contributed by atoms with Crippen LogP contribution in [0.4, 0.5) is 4.39 Å². The highest BCUT2D eigenvalue weighted by molar-refractivity contribution is 7.89. The van der Waals surface area contributed by atoms with Crippen LogP contribution in [0, 0.1) is 5.82 Å². The summed E-state index contributed by atoms with van der Waals surface area (Å²) in [6.07, 6.45) is 9.34. The first kappa shape index (κ1) is 23.3. The molecular formula is C28H29FN4O2S. The van der Waals surface area contributed by atoms with E-state index in [4.69, 9.17) is 0 Å². The number of fused-ring (bicyclic) bond motifs is 2. The van der Waals surface area contributed by atoms with Gasteiger partial charge in [-0.1, -0.05) is 30.3 Å². The average molecular weight is 505 g/mol. The first-order valence-electron chi connectivity index (χ1n) is 12.5. The molecule has 2 aromatic carbocycles. The van der Waals surface area contributed by atoms with Gasteiger partial charge in [0, 0.05) is 59.9 Å². The molecule has 2 aromatic heterocycles. The lowest BCUT2D eigenvalue weighted by Crippen LogP contribution is -2.39. The third-order valence-corrected chi connectivity index (χ3v) is 9.41. The Morgan fingerprint density at radius 3 is 2.78 bits per heavy atom. The minimum absolute atomic E-state index is 0.00263. The topological polar surface area (TPSA) is 69.3 Å². The summed E-state index contributed by atoms with van der Waals surface area (Å²) in [7, 11) is -3.63. The normalized spacial score (nSPS) is 19.8. The minimum Gasteiger partial charge on any atom is -0.360 e. The van der Waals surface area contributed by atoms with Gasteiger partial charge in [0.1, 0.15) is 5.82 Å². The predicted molar refractivity (Wildman–Crippen MR) is 141 cm³/mol. The lowest BCUT2D eigenvalue weighted by Gasteiger charge is -2.29. The lowest BCUT2D eigenvalue weighted by atomic mass is 9.98. The van der Waals surface area contributed by atoms with Gasteiger partial charge in [-0.15, -0.1) is 0 Å². The first-order chi connectivity index (χ1) is 17.5. The summed E-state index contributed by atoms with van der Waals surface area (Å²) < 4.78 is 42.1. The molecule has 1 N–H and O–H groups in total. The van der Waals surface area contributed by atoms with Crippen LogP contribution in [0.5, 0.6) is 0 Å². The first-order valence-corrected chi connectivity index (χ1v) is 14.0. The molecule has 1 fully saturated rings. The van der Waals surface area contributed by atoms with E-state index in [2.05, 4.69) is 20.9 Å². The van der Waals surface area contributed by atoms with Gasteiger partial charge in [0.05, 0.1) is 0 Å². The van der Waals surface area contributed by atoms with Crippen LogP contribution in [-0.2, 0) is 10.0 Å². The molecule has 2 aliphatic rings. The predicted octanol–water partition coefficient (Wildman–Crippen LogP) is 5.19. The molecule has 6 nitrogen and oxygen atoms in total. The van der Waals surface area contributed by atoms with Gasteiger partial charge in [-0.2, -0.15) is 4.31 Å². The fourth-order valence-corrected chi connectivity index (χ4v) is 7.27. The van der Waals surface area contributed by atoms with Gasteiger partial charge in [0.25, 0.3) is 10.0 Å². The SMILES string of the molecule is O=S(=O)(c1cc2ccccc2cn1)N1CCC[C@H]1CCN1CC=C(c2c[nH]c3cc(F)ccc23)CC1. The Hall–Kier alpha value is -3.07. The maximum absolute atomic E-state index is 13.5. The summed E-state index contributed by atoms with van der Waals surface area (Å²) in [6, 6.07) is 14.3. The molecule has 0 amide bonds. The van der Waals surface area contributed by atoms with E-state index < -0.39 is 10.0 Å². The van der Waals surface area contributed by atoms with Crippen LogP contribution in [0.25, 0.3) is 27.2 Å². The van der Waals surface area contributed by atoms with Crippen molar-refractivity contribution in [3.8, 4) is 0 Å². The van der Waals surface area contributed by atoms with Crippen molar-refractivity contribution in [2.24, 2.45) is 0 Å². The zero-order valence-corrected chi connectivity index (χ0v) is 20.8. The third kappa shape index (κ3) is 4.34. The van der Waals surface area contributed by atoms with E-state index in [9.17, 15) is 12.8 Å². The van der Waals surface area contributed by atoms with Crippen LogP contribution in [-0.4, -0.2) is 59.8 Å². The van der Waals surface area contributed by atoms with Crippen molar-refractivity contribution >= 4 is 37.3 Å². The summed E-state index contributed by atoms with van der Waals surface area (Å²) in [5.41, 5.74) is 3.23. The molecule has 0 unspecified atom stereocenters. The molecule has 0 spiro atoms. The van der Waals surface area contributed by atoms with E-state index in [0.717, 1.165) is 72.6 Å². The van der Waals surface area contributed by atoms with E-state index in [0.29, 0.717) is 6.54 Å². The van der Waals surface area contributed by atoms with E-state index in [1.54, 1.807) is 16.6 Å². The third-order valence-electron chi connectivity index (χ3n) is 7.56. The monoisotopic (exact) mass is 504 g/mol. The highest BCUT2D eigenvalue weighted by Gasteiger charge is 2.36. The summed E-state index contributed by atoms with van der Waals surface area (Å²) in [4.78, 5) is 9.86. The van der Waals surface area contributed by atoms with Gasteiger partial charge in [0.2, 0.25) is 0 Å². The van der Waals surface area contributed by atoms with Crippen molar-refractivity contribution in [3.05, 3.63) is 78.4 Å². The summed E-state index contributed by atoms with van der Waals surface area (Å²) in [5, 5.41) is 3.01. The Morgan fingerprint density at radius 1 is 1.08 bits per heavy atom. The molecule has 0 radical (unpaired) electrons. The molecule has 6 rings (SSSR count). The van der Waals surface area contributed by atoms with Gasteiger partial charge in [-0.25, -0.2) is 17.8 Å². The Balaban J connectivity index is 1.12.